The summed E-state index contributed by atoms with van der Waals surface area (Å²) < 4.78 is 13.7. The lowest BCUT2D eigenvalue weighted by Gasteiger charge is -2.41. The third-order valence-electron chi connectivity index (χ3n) is 4.77. The summed E-state index contributed by atoms with van der Waals surface area (Å²) in [4.78, 5) is 2.22. The van der Waals surface area contributed by atoms with Crippen molar-refractivity contribution in [1.29, 1.82) is 0 Å². The number of nitrogens with zero attached hydrogens (tertiary/aromatic N) is 1. The smallest absolute Gasteiger partial charge is 0.127 e. The van der Waals surface area contributed by atoms with Gasteiger partial charge in [0.15, 0.2) is 0 Å². The van der Waals surface area contributed by atoms with Crippen LogP contribution in [0.4, 0.5) is 4.39 Å². The third kappa shape index (κ3) is 3.80. The summed E-state index contributed by atoms with van der Waals surface area (Å²) in [6.45, 7) is 4.68. The van der Waals surface area contributed by atoms with Crippen LogP contribution < -0.4 is 5.73 Å². The van der Waals surface area contributed by atoms with Gasteiger partial charge in [-0.3, -0.25) is 0 Å². The SMILES string of the molecule is CC1CCC(CN)(CN(C)Cc2ccccc2F)CC1. The van der Waals surface area contributed by atoms with Gasteiger partial charge in [0.1, 0.15) is 5.82 Å². The van der Waals surface area contributed by atoms with Gasteiger partial charge in [0.2, 0.25) is 0 Å². The van der Waals surface area contributed by atoms with E-state index >= 15 is 0 Å². The van der Waals surface area contributed by atoms with E-state index < -0.39 is 0 Å². The number of halogens is 1. The fourth-order valence-electron chi connectivity index (χ4n) is 3.35. The van der Waals surface area contributed by atoms with Gasteiger partial charge in [0, 0.05) is 18.7 Å². The summed E-state index contributed by atoms with van der Waals surface area (Å²) in [5.41, 5.74) is 7.05. The van der Waals surface area contributed by atoms with Crippen LogP contribution in [0, 0.1) is 17.2 Å². The molecule has 0 heterocycles. The highest BCUT2D eigenvalue weighted by atomic mass is 19.1. The normalized spacial score (nSPS) is 26.9. The predicted octanol–water partition coefficient (Wildman–Crippen LogP) is 3.41. The molecule has 20 heavy (non-hydrogen) atoms. The quantitative estimate of drug-likeness (QED) is 0.894. The molecule has 1 aliphatic rings. The van der Waals surface area contributed by atoms with Crippen LogP contribution in [0.2, 0.25) is 0 Å². The Morgan fingerprint density at radius 2 is 1.95 bits per heavy atom. The van der Waals surface area contributed by atoms with Gasteiger partial charge >= 0.3 is 0 Å². The van der Waals surface area contributed by atoms with Gasteiger partial charge in [0.25, 0.3) is 0 Å². The highest BCUT2D eigenvalue weighted by Gasteiger charge is 2.33. The Morgan fingerprint density at radius 3 is 2.55 bits per heavy atom. The molecule has 0 bridgehead atoms. The fraction of sp³-hybridized carbons (Fsp3) is 0.647. The molecule has 0 saturated heterocycles. The van der Waals surface area contributed by atoms with Crippen LogP contribution in [-0.4, -0.2) is 25.0 Å². The molecule has 0 aromatic heterocycles. The molecule has 1 aromatic carbocycles. The van der Waals surface area contributed by atoms with Crippen molar-refractivity contribution >= 4 is 0 Å². The molecule has 2 nitrogen and oxygen atoms in total. The third-order valence-corrected chi connectivity index (χ3v) is 4.77. The number of benzene rings is 1. The molecular weight excluding hydrogens is 251 g/mol. The lowest BCUT2D eigenvalue weighted by atomic mass is 9.70. The zero-order chi connectivity index (χ0) is 14.6. The van der Waals surface area contributed by atoms with Crippen molar-refractivity contribution in [2.75, 3.05) is 20.1 Å². The van der Waals surface area contributed by atoms with Gasteiger partial charge in [-0.25, -0.2) is 4.39 Å². The first-order valence-electron chi connectivity index (χ1n) is 7.67. The maximum atomic E-state index is 13.7. The average molecular weight is 278 g/mol. The van der Waals surface area contributed by atoms with Crippen molar-refractivity contribution in [2.24, 2.45) is 17.1 Å². The van der Waals surface area contributed by atoms with Gasteiger partial charge in [-0.2, -0.15) is 0 Å². The van der Waals surface area contributed by atoms with Crippen LogP contribution in [0.3, 0.4) is 0 Å². The minimum atomic E-state index is -0.113. The second-order valence-electron chi connectivity index (χ2n) is 6.65. The maximum Gasteiger partial charge on any atom is 0.127 e. The van der Waals surface area contributed by atoms with E-state index in [2.05, 4.69) is 18.9 Å². The zero-order valence-electron chi connectivity index (χ0n) is 12.7. The van der Waals surface area contributed by atoms with E-state index in [1.54, 1.807) is 6.07 Å². The van der Waals surface area contributed by atoms with Crippen molar-refractivity contribution in [3.05, 3.63) is 35.6 Å². The summed E-state index contributed by atoms with van der Waals surface area (Å²) in [5, 5.41) is 0. The molecule has 0 aliphatic heterocycles. The molecule has 2 rings (SSSR count). The molecule has 1 fully saturated rings. The number of nitrogens with two attached hydrogens (primary N) is 1. The summed E-state index contributed by atoms with van der Waals surface area (Å²) in [6, 6.07) is 7.03. The first kappa shape index (κ1) is 15.5. The Kier molecular flexibility index (Phi) is 5.17. The summed E-state index contributed by atoms with van der Waals surface area (Å²) in [7, 11) is 2.07. The molecule has 0 radical (unpaired) electrons. The van der Waals surface area contributed by atoms with Gasteiger partial charge in [-0.15, -0.1) is 0 Å². The molecule has 0 unspecified atom stereocenters. The second-order valence-corrected chi connectivity index (χ2v) is 6.65. The fourth-order valence-corrected chi connectivity index (χ4v) is 3.35. The van der Waals surface area contributed by atoms with E-state index in [0.717, 1.165) is 24.6 Å². The van der Waals surface area contributed by atoms with Gasteiger partial charge in [-0.05, 0) is 43.8 Å². The van der Waals surface area contributed by atoms with Gasteiger partial charge in [0.05, 0.1) is 0 Å². The van der Waals surface area contributed by atoms with Crippen molar-refractivity contribution in [3.8, 4) is 0 Å². The molecule has 0 atom stereocenters. The lowest BCUT2D eigenvalue weighted by Crippen LogP contribution is -2.43. The summed E-state index contributed by atoms with van der Waals surface area (Å²) >= 11 is 0. The first-order valence-corrected chi connectivity index (χ1v) is 7.67. The van der Waals surface area contributed by atoms with E-state index in [4.69, 9.17) is 5.73 Å². The van der Waals surface area contributed by atoms with E-state index in [9.17, 15) is 4.39 Å². The zero-order valence-corrected chi connectivity index (χ0v) is 12.7. The number of rotatable bonds is 5. The molecule has 3 heteroatoms. The summed E-state index contributed by atoms with van der Waals surface area (Å²) in [6.07, 6.45) is 4.94. The largest absolute Gasteiger partial charge is 0.330 e. The van der Waals surface area contributed by atoms with Crippen LogP contribution in [0.5, 0.6) is 0 Å². The molecule has 1 saturated carbocycles. The van der Waals surface area contributed by atoms with E-state index in [1.807, 2.05) is 12.1 Å². The van der Waals surface area contributed by atoms with Gasteiger partial charge in [-0.1, -0.05) is 38.0 Å². The Morgan fingerprint density at radius 1 is 1.30 bits per heavy atom. The van der Waals surface area contributed by atoms with Crippen LogP contribution in [0.25, 0.3) is 0 Å². The predicted molar refractivity (Wildman–Crippen MR) is 81.9 cm³/mol. The van der Waals surface area contributed by atoms with Crippen LogP contribution in [0.1, 0.15) is 38.2 Å². The minimum absolute atomic E-state index is 0.113. The van der Waals surface area contributed by atoms with E-state index in [-0.39, 0.29) is 11.2 Å². The summed E-state index contributed by atoms with van der Waals surface area (Å²) in [5.74, 6) is 0.713. The minimum Gasteiger partial charge on any atom is -0.330 e. The standard InChI is InChI=1S/C17H27FN2/c1-14-7-9-17(12-19,10-8-14)13-20(2)11-15-5-3-4-6-16(15)18/h3-6,14H,7-13,19H2,1-2H3. The molecule has 1 aromatic rings. The number of hydrogen-bond acceptors (Lipinski definition) is 2. The molecular formula is C17H27FN2. The maximum absolute atomic E-state index is 13.7. The highest BCUT2D eigenvalue weighted by molar-refractivity contribution is 5.17. The van der Waals surface area contributed by atoms with Crippen LogP contribution in [-0.2, 0) is 6.54 Å². The van der Waals surface area contributed by atoms with Crippen molar-refractivity contribution in [1.82, 2.24) is 4.90 Å². The molecule has 0 spiro atoms. The Hall–Kier alpha value is -0.930. The molecule has 2 N–H and O–H groups in total. The van der Waals surface area contributed by atoms with E-state index in [1.165, 1.54) is 31.7 Å². The Labute approximate surface area is 122 Å². The molecule has 0 amide bonds. The Bertz CT molecular complexity index is 425. The van der Waals surface area contributed by atoms with Crippen molar-refractivity contribution in [2.45, 2.75) is 39.2 Å². The molecule has 1 aliphatic carbocycles. The monoisotopic (exact) mass is 278 g/mol. The van der Waals surface area contributed by atoms with E-state index in [0.29, 0.717) is 6.54 Å². The topological polar surface area (TPSA) is 29.3 Å². The average Bonchev–Trinajstić information content (AvgIpc) is 2.44. The Balaban J connectivity index is 1.96. The first-order chi connectivity index (χ1) is 9.54. The number of hydrogen-bond donors (Lipinski definition) is 1. The van der Waals surface area contributed by atoms with Crippen molar-refractivity contribution in [3.63, 3.8) is 0 Å². The van der Waals surface area contributed by atoms with Crippen molar-refractivity contribution < 1.29 is 4.39 Å². The second kappa shape index (κ2) is 6.68. The molecule has 112 valence electrons. The van der Waals surface area contributed by atoms with Gasteiger partial charge < -0.3 is 10.6 Å². The highest BCUT2D eigenvalue weighted by Crippen LogP contribution is 2.38. The van der Waals surface area contributed by atoms with Crippen LogP contribution in [0.15, 0.2) is 24.3 Å². The van der Waals surface area contributed by atoms with Crippen LogP contribution >= 0.6 is 0 Å². The lowest BCUT2D eigenvalue weighted by molar-refractivity contribution is 0.105.